The van der Waals surface area contributed by atoms with Crippen molar-refractivity contribution in [3.05, 3.63) is 51.0 Å². The lowest BCUT2D eigenvalue weighted by Gasteiger charge is -2.15. The Hall–Kier alpha value is -1.33. The van der Waals surface area contributed by atoms with Gasteiger partial charge in [-0.25, -0.2) is 13.8 Å². The summed E-state index contributed by atoms with van der Waals surface area (Å²) in [5.41, 5.74) is 1.71. The number of thiazole rings is 1. The van der Waals surface area contributed by atoms with Crippen LogP contribution in [0.3, 0.4) is 0 Å². The Bertz CT molecular complexity index is 596. The first-order valence-electron chi connectivity index (χ1n) is 6.57. The van der Waals surface area contributed by atoms with Crippen molar-refractivity contribution >= 4 is 11.3 Å². The highest BCUT2D eigenvalue weighted by atomic mass is 32.1. The van der Waals surface area contributed by atoms with Crippen LogP contribution in [0.2, 0.25) is 0 Å². The zero-order valence-electron chi connectivity index (χ0n) is 11.8. The number of rotatable bonds is 5. The van der Waals surface area contributed by atoms with Crippen molar-refractivity contribution in [2.24, 2.45) is 0 Å². The minimum absolute atomic E-state index is 0.230. The first-order chi connectivity index (χ1) is 9.47. The van der Waals surface area contributed by atoms with Gasteiger partial charge in [0.15, 0.2) is 0 Å². The van der Waals surface area contributed by atoms with Gasteiger partial charge in [0.2, 0.25) is 0 Å². The van der Waals surface area contributed by atoms with Gasteiger partial charge in [0, 0.05) is 35.6 Å². The van der Waals surface area contributed by atoms with E-state index in [1.807, 2.05) is 19.2 Å². The van der Waals surface area contributed by atoms with Gasteiger partial charge in [-0.3, -0.25) is 0 Å². The average Bonchev–Trinajstić information content (AvgIpc) is 2.79. The molecule has 0 aliphatic heterocycles. The molecule has 1 aromatic heterocycles. The van der Waals surface area contributed by atoms with Gasteiger partial charge in [0.05, 0.1) is 5.01 Å². The number of hydrogen-bond donors (Lipinski definition) is 1. The third-order valence-corrected chi connectivity index (χ3v) is 4.23. The summed E-state index contributed by atoms with van der Waals surface area (Å²) in [7, 11) is 0. The minimum Gasteiger partial charge on any atom is -0.310 e. The van der Waals surface area contributed by atoms with Crippen molar-refractivity contribution in [1.29, 1.82) is 0 Å². The van der Waals surface area contributed by atoms with Crippen LogP contribution in [-0.4, -0.2) is 11.5 Å². The molecule has 0 saturated carbocycles. The van der Waals surface area contributed by atoms with Gasteiger partial charge < -0.3 is 5.32 Å². The maximum absolute atomic E-state index is 13.8. The van der Waals surface area contributed by atoms with Crippen molar-refractivity contribution in [2.45, 2.75) is 33.2 Å². The summed E-state index contributed by atoms with van der Waals surface area (Å²) in [5.74, 6) is -0.736. The topological polar surface area (TPSA) is 24.9 Å². The molecule has 1 atom stereocenters. The van der Waals surface area contributed by atoms with E-state index in [0.717, 1.165) is 17.1 Å². The van der Waals surface area contributed by atoms with Crippen LogP contribution < -0.4 is 5.32 Å². The van der Waals surface area contributed by atoms with Gasteiger partial charge in [-0.05, 0) is 38.5 Å². The largest absolute Gasteiger partial charge is 0.310 e. The second kappa shape index (κ2) is 6.41. The van der Waals surface area contributed by atoms with Gasteiger partial charge in [0.25, 0.3) is 0 Å². The molecule has 0 saturated heterocycles. The molecule has 1 heterocycles. The van der Waals surface area contributed by atoms with E-state index in [2.05, 4.69) is 10.3 Å². The van der Waals surface area contributed by atoms with Crippen molar-refractivity contribution in [1.82, 2.24) is 10.3 Å². The predicted octanol–water partition coefficient (Wildman–Crippen LogP) is 3.93. The highest BCUT2D eigenvalue weighted by Gasteiger charge is 2.13. The van der Waals surface area contributed by atoms with Gasteiger partial charge in [-0.15, -0.1) is 11.3 Å². The first kappa shape index (κ1) is 15.1. The third-order valence-electron chi connectivity index (χ3n) is 3.20. The molecule has 0 fully saturated rings. The maximum atomic E-state index is 13.8. The van der Waals surface area contributed by atoms with E-state index in [0.29, 0.717) is 17.7 Å². The lowest BCUT2D eigenvalue weighted by Crippen LogP contribution is -2.22. The molecule has 2 rings (SSSR count). The molecule has 0 aliphatic rings. The monoisotopic (exact) mass is 296 g/mol. The zero-order chi connectivity index (χ0) is 14.7. The molecule has 0 amide bonds. The fraction of sp³-hybridized carbons (Fsp3) is 0.400. The van der Waals surface area contributed by atoms with Crippen LogP contribution in [0.5, 0.6) is 0 Å². The van der Waals surface area contributed by atoms with Crippen LogP contribution in [0.15, 0.2) is 17.5 Å². The molecule has 1 aromatic carbocycles. The zero-order valence-corrected chi connectivity index (χ0v) is 12.7. The Morgan fingerprint density at radius 3 is 2.65 bits per heavy atom. The fourth-order valence-corrected chi connectivity index (χ4v) is 2.79. The van der Waals surface area contributed by atoms with Crippen LogP contribution >= 0.6 is 11.3 Å². The summed E-state index contributed by atoms with van der Waals surface area (Å²) < 4.78 is 27.3. The number of aromatic nitrogens is 1. The summed E-state index contributed by atoms with van der Waals surface area (Å²) in [4.78, 5) is 4.37. The Kier molecular flexibility index (Phi) is 4.83. The number of benzene rings is 1. The van der Waals surface area contributed by atoms with Crippen LogP contribution in [0.25, 0.3) is 0 Å². The van der Waals surface area contributed by atoms with Gasteiger partial charge >= 0.3 is 0 Å². The molecule has 2 nitrogen and oxygen atoms in total. The molecule has 0 spiro atoms. The summed E-state index contributed by atoms with van der Waals surface area (Å²) in [6.07, 6.45) is 0.790. The van der Waals surface area contributed by atoms with E-state index in [9.17, 15) is 8.78 Å². The normalized spacial score (nSPS) is 12.7. The molecule has 1 N–H and O–H groups in total. The average molecular weight is 296 g/mol. The van der Waals surface area contributed by atoms with Gasteiger partial charge in [-0.2, -0.15) is 0 Å². The molecule has 0 radical (unpaired) electrons. The molecule has 1 unspecified atom stereocenters. The molecule has 20 heavy (non-hydrogen) atoms. The van der Waals surface area contributed by atoms with Crippen molar-refractivity contribution in [2.75, 3.05) is 6.54 Å². The molecular weight excluding hydrogens is 278 g/mol. The molecule has 0 bridgehead atoms. The maximum Gasteiger partial charge on any atom is 0.128 e. The fourth-order valence-electron chi connectivity index (χ4n) is 2.02. The van der Waals surface area contributed by atoms with Crippen molar-refractivity contribution < 1.29 is 8.78 Å². The van der Waals surface area contributed by atoms with Gasteiger partial charge in [-0.1, -0.05) is 0 Å². The predicted molar refractivity (Wildman–Crippen MR) is 78.1 cm³/mol. The minimum atomic E-state index is -0.370. The third kappa shape index (κ3) is 3.61. The summed E-state index contributed by atoms with van der Waals surface area (Å²) in [6, 6.07) is 2.29. The summed E-state index contributed by atoms with van der Waals surface area (Å²) in [5, 5.41) is 6.27. The number of halogens is 2. The van der Waals surface area contributed by atoms with Crippen molar-refractivity contribution in [3.63, 3.8) is 0 Å². The van der Waals surface area contributed by atoms with Crippen LogP contribution in [0.4, 0.5) is 8.78 Å². The van der Waals surface area contributed by atoms with Gasteiger partial charge in [0.1, 0.15) is 11.6 Å². The molecular formula is C15H18F2N2S. The van der Waals surface area contributed by atoms with Crippen LogP contribution in [0, 0.1) is 25.5 Å². The first-order valence-corrected chi connectivity index (χ1v) is 7.45. The van der Waals surface area contributed by atoms with E-state index in [1.54, 1.807) is 18.3 Å². The lowest BCUT2D eigenvalue weighted by atomic mass is 10.0. The number of nitrogens with one attached hydrogen (secondary N) is 1. The van der Waals surface area contributed by atoms with Crippen molar-refractivity contribution in [3.8, 4) is 0 Å². The van der Waals surface area contributed by atoms with E-state index in [-0.39, 0.29) is 17.7 Å². The quantitative estimate of drug-likeness (QED) is 0.904. The molecule has 0 aliphatic carbocycles. The standard InChI is InChI=1S/C15H18F2N2S/c1-9-6-14(17)12(7-13(9)16)11(3)18-5-4-15-19-10(2)8-20-15/h6-8,11,18H,4-5H2,1-3H3. The van der Waals surface area contributed by atoms with Crippen LogP contribution in [0.1, 0.15) is 34.8 Å². The number of nitrogens with zero attached hydrogens (tertiary/aromatic N) is 1. The Morgan fingerprint density at radius 2 is 2.00 bits per heavy atom. The Balaban J connectivity index is 1.95. The number of aryl methyl sites for hydroxylation is 2. The highest BCUT2D eigenvalue weighted by Crippen LogP contribution is 2.20. The molecule has 2 aromatic rings. The highest BCUT2D eigenvalue weighted by molar-refractivity contribution is 7.09. The lowest BCUT2D eigenvalue weighted by molar-refractivity contribution is 0.518. The van der Waals surface area contributed by atoms with E-state index >= 15 is 0 Å². The number of hydrogen-bond acceptors (Lipinski definition) is 3. The molecule has 108 valence electrons. The van der Waals surface area contributed by atoms with Crippen LogP contribution in [-0.2, 0) is 6.42 Å². The Labute approximate surface area is 121 Å². The Morgan fingerprint density at radius 1 is 1.25 bits per heavy atom. The summed E-state index contributed by atoms with van der Waals surface area (Å²) >= 11 is 1.62. The second-order valence-corrected chi connectivity index (χ2v) is 5.87. The van der Waals surface area contributed by atoms with E-state index < -0.39 is 0 Å². The summed E-state index contributed by atoms with van der Waals surface area (Å²) in [6.45, 7) is 6.04. The van der Waals surface area contributed by atoms with E-state index in [4.69, 9.17) is 0 Å². The second-order valence-electron chi connectivity index (χ2n) is 4.93. The molecule has 5 heteroatoms. The van der Waals surface area contributed by atoms with E-state index in [1.165, 1.54) is 12.1 Å². The SMILES string of the molecule is Cc1csc(CCNC(C)c2cc(F)c(C)cc2F)n1. The smallest absolute Gasteiger partial charge is 0.128 e.